The van der Waals surface area contributed by atoms with Gasteiger partial charge < -0.3 is 29.2 Å². The third kappa shape index (κ3) is 5.57. The van der Waals surface area contributed by atoms with Crippen LogP contribution in [-0.4, -0.2) is 64.9 Å². The average Bonchev–Trinajstić information content (AvgIpc) is 3.30. The topological polar surface area (TPSA) is 181 Å². The van der Waals surface area contributed by atoms with Crippen molar-refractivity contribution in [1.29, 1.82) is 0 Å². The molecule has 0 amide bonds. The Morgan fingerprint density at radius 1 is 0.932 bits per heavy atom. The van der Waals surface area contributed by atoms with Crippen LogP contribution in [0, 0.1) is 0 Å². The number of aromatic nitrogens is 2. The van der Waals surface area contributed by atoms with Crippen LogP contribution in [0.25, 0.3) is 10.4 Å². The number of benzene rings is 3. The van der Waals surface area contributed by atoms with Crippen molar-refractivity contribution in [2.75, 3.05) is 27.4 Å². The highest BCUT2D eigenvalue weighted by Gasteiger charge is 2.56. The predicted octanol–water partition coefficient (Wildman–Crippen LogP) is 2.86. The summed E-state index contributed by atoms with van der Waals surface area (Å²) in [6, 6.07) is 25.0. The van der Waals surface area contributed by atoms with Gasteiger partial charge in [-0.15, -0.1) is 0 Å². The maximum absolute atomic E-state index is 12.6. The standard InChI is InChI=1S/C31H31N5O8/c1-41-23-12-8-21(9-13-23)31(20-6-4-3-5-7-20,22-10-14-24(42-2)15-11-22)43-19-30(18-33-35-32)27(39)26(38)28(44-30)36-17-16-25(37)34-29(36)40/h3-17,26-28,38-39H,18-19H2,1-2H3,(H,34,37,40)/t26-,27+,28-,30-/m1/s1. The molecule has 0 saturated carbocycles. The van der Waals surface area contributed by atoms with E-state index in [9.17, 15) is 25.3 Å². The zero-order valence-corrected chi connectivity index (χ0v) is 23.9. The van der Waals surface area contributed by atoms with Crippen molar-refractivity contribution in [3.63, 3.8) is 0 Å². The summed E-state index contributed by atoms with van der Waals surface area (Å²) in [6.07, 6.45) is -3.60. The summed E-state index contributed by atoms with van der Waals surface area (Å²) in [5.41, 5.74) is 6.66. The van der Waals surface area contributed by atoms with Crippen LogP contribution in [0.2, 0.25) is 0 Å². The summed E-state index contributed by atoms with van der Waals surface area (Å²) in [5, 5.41) is 26.2. The van der Waals surface area contributed by atoms with Gasteiger partial charge in [0.25, 0.3) is 5.56 Å². The molecule has 0 radical (unpaired) electrons. The number of aliphatic hydroxyl groups excluding tert-OH is 2. The minimum Gasteiger partial charge on any atom is -0.497 e. The summed E-state index contributed by atoms with van der Waals surface area (Å²) in [5.74, 6) is 1.24. The molecule has 0 aliphatic carbocycles. The summed E-state index contributed by atoms with van der Waals surface area (Å²) < 4.78 is 24.8. The number of aromatic amines is 1. The van der Waals surface area contributed by atoms with Gasteiger partial charge in [-0.25, -0.2) is 4.79 Å². The fourth-order valence-corrected chi connectivity index (χ4v) is 5.45. The number of azide groups is 1. The smallest absolute Gasteiger partial charge is 0.330 e. The second-order valence-electron chi connectivity index (χ2n) is 10.2. The number of methoxy groups -OCH3 is 2. The summed E-state index contributed by atoms with van der Waals surface area (Å²) in [7, 11) is 3.13. The van der Waals surface area contributed by atoms with Crippen LogP contribution < -0.4 is 20.7 Å². The number of ether oxygens (including phenoxy) is 4. The molecule has 13 nitrogen and oxygen atoms in total. The van der Waals surface area contributed by atoms with Crippen LogP contribution in [0.4, 0.5) is 0 Å². The van der Waals surface area contributed by atoms with Gasteiger partial charge >= 0.3 is 5.69 Å². The first-order valence-electron chi connectivity index (χ1n) is 13.6. The van der Waals surface area contributed by atoms with Gasteiger partial charge in [-0.2, -0.15) is 0 Å². The van der Waals surface area contributed by atoms with Crippen LogP contribution in [0.5, 0.6) is 11.5 Å². The summed E-state index contributed by atoms with van der Waals surface area (Å²) in [6.45, 7) is -0.863. The Bertz CT molecular complexity index is 1690. The number of nitrogens with one attached hydrogen (secondary N) is 1. The van der Waals surface area contributed by atoms with Crippen molar-refractivity contribution in [3.8, 4) is 11.5 Å². The van der Waals surface area contributed by atoms with Crippen LogP contribution in [-0.2, 0) is 15.1 Å². The van der Waals surface area contributed by atoms with Crippen molar-refractivity contribution >= 4 is 0 Å². The molecule has 0 spiro atoms. The monoisotopic (exact) mass is 601 g/mol. The fourth-order valence-electron chi connectivity index (χ4n) is 5.45. The van der Waals surface area contributed by atoms with Gasteiger partial charge in [0.15, 0.2) is 6.23 Å². The molecule has 1 aromatic heterocycles. The highest BCUT2D eigenvalue weighted by molar-refractivity contribution is 5.49. The Morgan fingerprint density at radius 2 is 1.50 bits per heavy atom. The molecular formula is C31H31N5O8. The molecule has 1 saturated heterocycles. The van der Waals surface area contributed by atoms with E-state index in [2.05, 4.69) is 15.0 Å². The Hall–Kier alpha value is -4.91. The molecule has 2 heterocycles. The Kier molecular flexibility index (Phi) is 8.86. The van der Waals surface area contributed by atoms with E-state index < -0.39 is 54.0 Å². The van der Waals surface area contributed by atoms with E-state index >= 15 is 0 Å². The minimum atomic E-state index is -1.81. The van der Waals surface area contributed by atoms with Gasteiger partial charge in [0.05, 0.1) is 27.4 Å². The molecule has 3 aromatic carbocycles. The summed E-state index contributed by atoms with van der Waals surface area (Å²) in [4.78, 5) is 29.2. The quantitative estimate of drug-likeness (QED) is 0.102. The normalized spacial score (nSPS) is 21.4. The highest BCUT2D eigenvalue weighted by Crippen LogP contribution is 2.45. The minimum absolute atomic E-state index is 0.411. The average molecular weight is 602 g/mol. The predicted molar refractivity (Wildman–Crippen MR) is 158 cm³/mol. The number of H-pyrrole nitrogens is 1. The van der Waals surface area contributed by atoms with Gasteiger partial charge in [-0.3, -0.25) is 14.3 Å². The van der Waals surface area contributed by atoms with Gasteiger partial charge in [0.1, 0.15) is 34.9 Å². The maximum atomic E-state index is 12.6. The second kappa shape index (κ2) is 12.8. The van der Waals surface area contributed by atoms with E-state index in [1.165, 1.54) is 0 Å². The lowest BCUT2D eigenvalue weighted by Gasteiger charge is -2.40. The lowest BCUT2D eigenvalue weighted by Crippen LogP contribution is -2.51. The van der Waals surface area contributed by atoms with E-state index in [0.29, 0.717) is 22.6 Å². The van der Waals surface area contributed by atoms with Crippen LogP contribution in [0.1, 0.15) is 22.9 Å². The third-order valence-corrected chi connectivity index (χ3v) is 7.74. The SMILES string of the molecule is COc1ccc(C(OC[C@@]2(CN=[N+]=[N-])O[C@@H](n3ccc(=O)[nH]c3=O)[C@H](O)[C@@H]2O)(c2ccccc2)c2ccc(OC)cc2)cc1. The third-order valence-electron chi connectivity index (χ3n) is 7.74. The Labute approximate surface area is 251 Å². The van der Waals surface area contributed by atoms with E-state index in [4.69, 9.17) is 18.9 Å². The number of aliphatic hydroxyl groups is 2. The first kappa shape index (κ1) is 30.5. The molecule has 44 heavy (non-hydrogen) atoms. The lowest BCUT2D eigenvalue weighted by molar-refractivity contribution is -0.156. The van der Waals surface area contributed by atoms with Crippen LogP contribution in [0.15, 0.2) is 106 Å². The Morgan fingerprint density at radius 3 is 2.02 bits per heavy atom. The molecule has 1 aliphatic heterocycles. The number of hydrogen-bond acceptors (Lipinski definition) is 9. The van der Waals surface area contributed by atoms with Crippen molar-refractivity contribution in [2.24, 2.45) is 5.11 Å². The van der Waals surface area contributed by atoms with E-state index in [1.807, 2.05) is 54.6 Å². The molecule has 3 N–H and O–H groups in total. The van der Waals surface area contributed by atoms with Crippen molar-refractivity contribution in [1.82, 2.24) is 9.55 Å². The zero-order valence-electron chi connectivity index (χ0n) is 23.9. The molecule has 228 valence electrons. The molecule has 0 bridgehead atoms. The molecule has 4 atom stereocenters. The summed E-state index contributed by atoms with van der Waals surface area (Å²) >= 11 is 0. The van der Waals surface area contributed by atoms with Gasteiger partial charge in [0, 0.05) is 17.2 Å². The van der Waals surface area contributed by atoms with Crippen molar-refractivity contribution < 1.29 is 29.2 Å². The fraction of sp³-hybridized carbons (Fsp3) is 0.290. The molecule has 1 fully saturated rings. The number of nitrogens with zero attached hydrogens (tertiary/aromatic N) is 4. The highest BCUT2D eigenvalue weighted by atomic mass is 16.6. The molecule has 0 unspecified atom stereocenters. The molecule has 13 heteroatoms. The van der Waals surface area contributed by atoms with Crippen LogP contribution in [0.3, 0.4) is 0 Å². The zero-order chi connectivity index (χ0) is 31.3. The second-order valence-corrected chi connectivity index (χ2v) is 10.2. The van der Waals surface area contributed by atoms with Gasteiger partial charge in [-0.05, 0) is 46.5 Å². The van der Waals surface area contributed by atoms with Gasteiger partial charge in [-0.1, -0.05) is 59.7 Å². The molecular weight excluding hydrogens is 570 g/mol. The number of rotatable bonds is 11. The molecule has 1 aliphatic rings. The largest absolute Gasteiger partial charge is 0.497 e. The molecule has 4 aromatic rings. The van der Waals surface area contributed by atoms with E-state index in [-0.39, 0.29) is 0 Å². The first-order chi connectivity index (χ1) is 21.3. The molecule has 5 rings (SSSR count). The van der Waals surface area contributed by atoms with E-state index in [1.54, 1.807) is 38.5 Å². The lowest BCUT2D eigenvalue weighted by atomic mass is 9.79. The first-order valence-corrected chi connectivity index (χ1v) is 13.6. The van der Waals surface area contributed by atoms with Crippen LogP contribution >= 0.6 is 0 Å². The van der Waals surface area contributed by atoms with Gasteiger partial charge in [0.2, 0.25) is 0 Å². The van der Waals surface area contributed by atoms with E-state index in [0.717, 1.165) is 22.4 Å². The van der Waals surface area contributed by atoms with Crippen molar-refractivity contribution in [2.45, 2.75) is 29.6 Å². The van der Waals surface area contributed by atoms with Crippen molar-refractivity contribution in [3.05, 3.63) is 139 Å². The number of hydrogen-bond donors (Lipinski definition) is 3. The Balaban J connectivity index is 1.66. The maximum Gasteiger partial charge on any atom is 0.330 e.